The van der Waals surface area contributed by atoms with Crippen molar-refractivity contribution in [3.63, 3.8) is 0 Å². The van der Waals surface area contributed by atoms with Gasteiger partial charge >= 0.3 is 37.9 Å². The fourth-order valence-electron chi connectivity index (χ4n) is 6.71. The molecule has 0 nitrogen and oxygen atoms in total. The summed E-state index contributed by atoms with van der Waals surface area (Å²) in [5.74, 6) is 0. The summed E-state index contributed by atoms with van der Waals surface area (Å²) < 4.78 is 0. The average molecular weight is 692 g/mol. The third kappa shape index (κ3) is 5.85. The van der Waals surface area contributed by atoms with E-state index in [-0.39, 0.29) is 10.8 Å². The van der Waals surface area contributed by atoms with Crippen LogP contribution in [-0.2, 0) is 31.7 Å². The van der Waals surface area contributed by atoms with E-state index in [2.05, 4.69) is 157 Å². The number of halogens is 2. The molecule has 0 N–H and O–H groups in total. The van der Waals surface area contributed by atoms with E-state index in [4.69, 9.17) is 17.0 Å². The topological polar surface area (TPSA) is 0 Å². The summed E-state index contributed by atoms with van der Waals surface area (Å²) in [6, 6.07) is 40.8. The van der Waals surface area contributed by atoms with Crippen molar-refractivity contribution >= 4 is 38.6 Å². The van der Waals surface area contributed by atoms with Crippen LogP contribution in [0, 0.1) is 6.42 Å². The minimum absolute atomic E-state index is 0.000185. The Balaban J connectivity index is 0.00000110. The summed E-state index contributed by atoms with van der Waals surface area (Å²) in [6.07, 6.45) is 2.41. The molecule has 0 saturated carbocycles. The molecule has 7 rings (SSSR count). The molecule has 0 atom stereocenters. The van der Waals surface area contributed by atoms with Crippen LogP contribution in [0.3, 0.4) is 0 Å². The molecule has 0 aromatic heterocycles. The van der Waals surface area contributed by atoms with Crippen LogP contribution in [0.15, 0.2) is 109 Å². The number of hydrogen-bond donors (Lipinski definition) is 0. The van der Waals surface area contributed by atoms with Gasteiger partial charge in [-0.3, -0.25) is 0 Å². The standard InChI is InChI=1S/C41H37.2ClH.Zr/c1-40(2,3)38-24-34-28(22-36(38)32-19-11-15-26-13-7-9-17-30(26)32)21-29-23-37(39(25-35(29)34)41(4,5)6)33-20-12-16-27-14-8-10-18-31(27)33;;;/h7-25H,1-6H3;2*1H;/q;;;+2/p-2. The van der Waals surface area contributed by atoms with Crippen molar-refractivity contribution in [2.75, 3.05) is 0 Å². The van der Waals surface area contributed by atoms with Gasteiger partial charge in [0.05, 0.1) is 0 Å². The Labute approximate surface area is 281 Å². The second-order valence-corrected chi connectivity index (χ2v) is 17.5. The summed E-state index contributed by atoms with van der Waals surface area (Å²) in [6.45, 7) is 14.0. The SMILES string of the molecule is CC(C)(C)c1cc2c(cc1-c1cccc3ccccc13)[CH]c1cc(-c3cccc4ccccc34)c(C(C)(C)C)cc1-2.[Cl][Zr][Cl]. The van der Waals surface area contributed by atoms with E-state index < -0.39 is 20.8 Å². The molecule has 0 amide bonds. The summed E-state index contributed by atoms with van der Waals surface area (Å²) in [5.41, 5.74) is 13.4. The van der Waals surface area contributed by atoms with Gasteiger partial charge < -0.3 is 0 Å². The Hall–Kier alpha value is -2.70. The summed E-state index contributed by atoms with van der Waals surface area (Å²) in [4.78, 5) is 0. The number of fused-ring (bicyclic) bond motifs is 5. The molecular weight excluding hydrogens is 655 g/mol. The van der Waals surface area contributed by atoms with Crippen molar-refractivity contribution in [3.05, 3.63) is 138 Å². The summed E-state index contributed by atoms with van der Waals surface area (Å²) >= 11 is -0.826. The van der Waals surface area contributed by atoms with Crippen molar-refractivity contribution in [1.82, 2.24) is 0 Å². The molecule has 3 heteroatoms. The predicted molar refractivity (Wildman–Crippen MR) is 189 cm³/mol. The van der Waals surface area contributed by atoms with Crippen LogP contribution in [-0.4, -0.2) is 0 Å². The molecule has 6 aromatic rings. The molecule has 0 bridgehead atoms. The van der Waals surface area contributed by atoms with Gasteiger partial charge in [-0.2, -0.15) is 0 Å². The van der Waals surface area contributed by atoms with Crippen LogP contribution < -0.4 is 0 Å². The van der Waals surface area contributed by atoms with Gasteiger partial charge in [-0.1, -0.05) is 126 Å². The zero-order chi connectivity index (χ0) is 31.2. The maximum atomic E-state index is 4.93. The quantitative estimate of drug-likeness (QED) is 0.169. The fourth-order valence-corrected chi connectivity index (χ4v) is 6.71. The minimum atomic E-state index is -0.826. The first-order valence-corrected chi connectivity index (χ1v) is 21.5. The molecule has 1 aliphatic carbocycles. The maximum absolute atomic E-state index is 4.93. The van der Waals surface area contributed by atoms with Crippen LogP contribution in [0.4, 0.5) is 0 Å². The van der Waals surface area contributed by atoms with Gasteiger partial charge in [0.1, 0.15) is 0 Å². The van der Waals surface area contributed by atoms with Gasteiger partial charge in [-0.25, -0.2) is 0 Å². The van der Waals surface area contributed by atoms with Crippen molar-refractivity contribution in [2.45, 2.75) is 52.4 Å². The molecule has 0 fully saturated rings. The molecule has 6 aromatic carbocycles. The Kier molecular flexibility index (Phi) is 8.71. The summed E-state index contributed by atoms with van der Waals surface area (Å²) in [5, 5.41) is 5.19. The Morgan fingerprint density at radius 3 is 1.18 bits per heavy atom. The molecule has 0 unspecified atom stereocenters. The van der Waals surface area contributed by atoms with Gasteiger partial charge in [0.15, 0.2) is 0 Å². The second kappa shape index (κ2) is 12.2. The number of hydrogen-bond acceptors (Lipinski definition) is 0. The Bertz CT molecular complexity index is 1850. The average Bonchev–Trinajstić information content (AvgIpc) is 3.35. The zero-order valence-electron chi connectivity index (χ0n) is 26.2. The van der Waals surface area contributed by atoms with Crippen molar-refractivity contribution in [3.8, 4) is 33.4 Å². The zero-order valence-corrected chi connectivity index (χ0v) is 30.2. The van der Waals surface area contributed by atoms with E-state index in [0.717, 1.165) is 0 Å². The van der Waals surface area contributed by atoms with Gasteiger partial charge in [-0.05, 0) is 112 Å². The van der Waals surface area contributed by atoms with Crippen LogP contribution in [0.1, 0.15) is 63.8 Å². The van der Waals surface area contributed by atoms with Crippen LogP contribution >= 0.6 is 17.0 Å². The van der Waals surface area contributed by atoms with E-state index in [1.165, 1.54) is 77.2 Å². The number of rotatable bonds is 2. The van der Waals surface area contributed by atoms with Crippen molar-refractivity contribution < 1.29 is 20.8 Å². The monoisotopic (exact) mass is 689 g/mol. The Morgan fingerprint density at radius 1 is 0.432 bits per heavy atom. The Morgan fingerprint density at radius 2 is 0.795 bits per heavy atom. The summed E-state index contributed by atoms with van der Waals surface area (Å²) in [7, 11) is 9.87. The first-order valence-electron chi connectivity index (χ1n) is 15.2. The van der Waals surface area contributed by atoms with Crippen molar-refractivity contribution in [2.24, 2.45) is 0 Å². The first-order chi connectivity index (χ1) is 21.0. The molecule has 44 heavy (non-hydrogen) atoms. The third-order valence-electron chi connectivity index (χ3n) is 8.76. The van der Waals surface area contributed by atoms with E-state index in [9.17, 15) is 0 Å². The van der Waals surface area contributed by atoms with E-state index in [0.29, 0.717) is 0 Å². The number of benzene rings is 6. The van der Waals surface area contributed by atoms with E-state index >= 15 is 0 Å². The van der Waals surface area contributed by atoms with Gasteiger partial charge in [0.25, 0.3) is 0 Å². The van der Waals surface area contributed by atoms with Crippen LogP contribution in [0.25, 0.3) is 54.9 Å². The van der Waals surface area contributed by atoms with Crippen LogP contribution in [0.5, 0.6) is 0 Å². The molecule has 0 saturated heterocycles. The van der Waals surface area contributed by atoms with Gasteiger partial charge in [0.2, 0.25) is 0 Å². The molecule has 0 heterocycles. The van der Waals surface area contributed by atoms with E-state index in [1.54, 1.807) is 0 Å². The molecule has 1 aliphatic rings. The predicted octanol–water partition coefficient (Wildman–Crippen LogP) is 12.9. The molecule has 0 spiro atoms. The van der Waals surface area contributed by atoms with Crippen molar-refractivity contribution in [1.29, 1.82) is 0 Å². The molecule has 0 aliphatic heterocycles. The van der Waals surface area contributed by atoms with Crippen LogP contribution in [0.2, 0.25) is 0 Å². The van der Waals surface area contributed by atoms with Gasteiger partial charge in [0, 0.05) is 6.42 Å². The molecule has 219 valence electrons. The first kappa shape index (κ1) is 31.3. The molecule has 1 radical (unpaired) electrons. The fraction of sp³-hybridized carbons (Fsp3) is 0.195. The van der Waals surface area contributed by atoms with E-state index in [1.807, 2.05) is 0 Å². The van der Waals surface area contributed by atoms with Gasteiger partial charge in [-0.15, -0.1) is 0 Å². The molecular formula is C41H37Cl2Zr. The second-order valence-electron chi connectivity index (χ2n) is 13.7. The normalized spacial score (nSPS) is 12.5. The third-order valence-corrected chi connectivity index (χ3v) is 8.76.